The molecule has 4 heterocycles. The summed E-state index contributed by atoms with van der Waals surface area (Å²) in [7, 11) is 0. The number of ether oxygens (including phenoxy) is 3. The van der Waals surface area contributed by atoms with Crippen LogP contribution in [0.3, 0.4) is 0 Å². The molecule has 2 aliphatic heterocycles. The number of esters is 1. The van der Waals surface area contributed by atoms with Crippen molar-refractivity contribution in [1.29, 1.82) is 0 Å². The summed E-state index contributed by atoms with van der Waals surface area (Å²) in [5.74, 6) is 1.61. The molecule has 0 bridgehead atoms. The van der Waals surface area contributed by atoms with E-state index in [4.69, 9.17) is 14.2 Å². The Morgan fingerprint density at radius 1 is 1.20 bits per heavy atom. The van der Waals surface area contributed by atoms with E-state index in [0.717, 1.165) is 55.2 Å². The number of aromatic nitrogens is 2. The van der Waals surface area contributed by atoms with Crippen LogP contribution >= 0.6 is 0 Å². The minimum Gasteiger partial charge on any atom is -0.492 e. The van der Waals surface area contributed by atoms with Crippen molar-refractivity contribution in [3.8, 4) is 11.5 Å². The molecule has 35 heavy (non-hydrogen) atoms. The van der Waals surface area contributed by atoms with Crippen LogP contribution in [0.25, 0.3) is 5.65 Å². The maximum Gasteiger partial charge on any atom is 0.307 e. The third kappa shape index (κ3) is 5.15. The van der Waals surface area contributed by atoms with Crippen LogP contribution in [0.5, 0.6) is 11.5 Å². The number of nitrogens with zero attached hydrogens (tertiary/aromatic N) is 3. The second-order valence-electron chi connectivity index (χ2n) is 10.9. The van der Waals surface area contributed by atoms with Gasteiger partial charge in [0.1, 0.15) is 29.4 Å². The van der Waals surface area contributed by atoms with Crippen LogP contribution in [-0.2, 0) is 21.6 Å². The normalized spacial score (nSPS) is 17.4. The highest BCUT2D eigenvalue weighted by molar-refractivity contribution is 5.70. The molecule has 3 aromatic rings. The second-order valence-corrected chi connectivity index (χ2v) is 10.9. The number of carbonyl (C=O) groups excluding carboxylic acids is 1. The fourth-order valence-electron chi connectivity index (χ4n) is 5.23. The monoisotopic (exact) mass is 477 g/mol. The first-order valence-corrected chi connectivity index (χ1v) is 12.5. The number of fused-ring (bicyclic) bond motifs is 3. The first-order valence-electron chi connectivity index (χ1n) is 12.5. The van der Waals surface area contributed by atoms with Crippen molar-refractivity contribution in [1.82, 2.24) is 14.3 Å². The molecule has 0 aliphatic carbocycles. The van der Waals surface area contributed by atoms with Gasteiger partial charge in [0.2, 0.25) is 0 Å². The van der Waals surface area contributed by atoms with Crippen molar-refractivity contribution >= 4 is 11.6 Å². The van der Waals surface area contributed by atoms with E-state index in [1.807, 2.05) is 43.6 Å². The molecule has 0 unspecified atom stereocenters. The Hall–Kier alpha value is -3.06. The smallest absolute Gasteiger partial charge is 0.307 e. The summed E-state index contributed by atoms with van der Waals surface area (Å²) in [5, 5.41) is 0. The van der Waals surface area contributed by atoms with Crippen molar-refractivity contribution in [3.63, 3.8) is 0 Å². The molecule has 7 heteroatoms. The van der Waals surface area contributed by atoms with E-state index in [1.54, 1.807) is 0 Å². The summed E-state index contributed by atoms with van der Waals surface area (Å²) < 4.78 is 19.8. The van der Waals surface area contributed by atoms with E-state index < -0.39 is 5.60 Å². The predicted molar refractivity (Wildman–Crippen MR) is 134 cm³/mol. The van der Waals surface area contributed by atoms with E-state index >= 15 is 0 Å². The number of likely N-dealkylation sites (tertiary alicyclic amines) is 1. The van der Waals surface area contributed by atoms with Crippen molar-refractivity contribution in [2.24, 2.45) is 0 Å². The Morgan fingerprint density at radius 2 is 2.00 bits per heavy atom. The molecular formula is C28H35N3O4. The van der Waals surface area contributed by atoms with Gasteiger partial charge in [-0.25, -0.2) is 4.98 Å². The second kappa shape index (κ2) is 9.19. The lowest BCUT2D eigenvalue weighted by Crippen LogP contribution is -2.44. The first-order chi connectivity index (χ1) is 16.7. The minimum absolute atomic E-state index is 0.0504. The first kappa shape index (κ1) is 23.7. The zero-order valence-electron chi connectivity index (χ0n) is 21.2. The molecule has 7 nitrogen and oxygen atoms in total. The predicted octanol–water partition coefficient (Wildman–Crippen LogP) is 4.68. The van der Waals surface area contributed by atoms with Gasteiger partial charge in [-0.15, -0.1) is 0 Å². The van der Waals surface area contributed by atoms with Gasteiger partial charge in [0.25, 0.3) is 0 Å². The lowest BCUT2D eigenvalue weighted by atomic mass is 9.74. The molecule has 5 rings (SSSR count). The Morgan fingerprint density at radius 3 is 2.77 bits per heavy atom. The third-order valence-electron chi connectivity index (χ3n) is 6.99. The van der Waals surface area contributed by atoms with Crippen LogP contribution in [0.1, 0.15) is 56.7 Å². The highest BCUT2D eigenvalue weighted by Gasteiger charge is 2.43. The number of rotatable bonds is 6. The van der Waals surface area contributed by atoms with Gasteiger partial charge >= 0.3 is 5.97 Å². The minimum atomic E-state index is -0.428. The number of benzene rings is 1. The molecular weight excluding hydrogens is 442 g/mol. The number of aryl methyl sites for hydroxylation is 1. The summed E-state index contributed by atoms with van der Waals surface area (Å²) in [6.07, 6.45) is 8.31. The Balaban J connectivity index is 1.19. The standard InChI is InChI=1S/C28H35N3O4/c1-20-15-21(26-29-10-14-31(26)17-20)18-33-22-5-6-23-24(16-22)34-19-28(23)8-12-30(13-9-28)11-7-25(32)35-27(2,3)4/h5-6,10,14-17H,7-9,11-13,18-19H2,1-4H3. The molecule has 0 atom stereocenters. The highest BCUT2D eigenvalue weighted by atomic mass is 16.6. The Kier molecular flexibility index (Phi) is 6.21. The molecule has 1 aromatic carbocycles. The van der Waals surface area contributed by atoms with Crippen LogP contribution in [0.15, 0.2) is 42.9 Å². The maximum absolute atomic E-state index is 12.1. The van der Waals surface area contributed by atoms with Gasteiger partial charge in [-0.1, -0.05) is 6.07 Å². The van der Waals surface area contributed by atoms with E-state index in [1.165, 1.54) is 11.1 Å². The third-order valence-corrected chi connectivity index (χ3v) is 6.99. The van der Waals surface area contributed by atoms with Crippen molar-refractivity contribution in [2.75, 3.05) is 26.2 Å². The molecule has 2 aliphatic rings. The van der Waals surface area contributed by atoms with Crippen molar-refractivity contribution in [2.45, 2.75) is 64.6 Å². The summed E-state index contributed by atoms with van der Waals surface area (Å²) in [6.45, 7) is 11.6. The van der Waals surface area contributed by atoms with E-state index in [9.17, 15) is 4.79 Å². The molecule has 186 valence electrons. The van der Waals surface area contributed by atoms with Crippen LogP contribution < -0.4 is 9.47 Å². The Labute approximate surface area is 207 Å². The quantitative estimate of drug-likeness (QED) is 0.481. The van der Waals surface area contributed by atoms with Gasteiger partial charge in [-0.05, 0) is 71.3 Å². The zero-order chi connectivity index (χ0) is 24.6. The van der Waals surface area contributed by atoms with Crippen molar-refractivity contribution in [3.05, 3.63) is 59.5 Å². The van der Waals surface area contributed by atoms with E-state index in [0.29, 0.717) is 19.6 Å². The van der Waals surface area contributed by atoms with Gasteiger partial charge < -0.3 is 23.5 Å². The summed E-state index contributed by atoms with van der Waals surface area (Å²) in [6, 6.07) is 8.38. The molecule has 0 radical (unpaired) electrons. The van der Waals surface area contributed by atoms with Crippen LogP contribution in [0.4, 0.5) is 0 Å². The topological polar surface area (TPSA) is 65.3 Å². The van der Waals surface area contributed by atoms with Gasteiger partial charge in [0.05, 0.1) is 13.0 Å². The molecule has 1 saturated heterocycles. The number of carbonyl (C=O) groups is 1. The SMILES string of the molecule is Cc1cc(COc2ccc3c(c2)OCC32CCN(CCC(=O)OC(C)(C)C)CC2)c2nccn2c1. The van der Waals surface area contributed by atoms with Gasteiger partial charge in [0, 0.05) is 47.7 Å². The molecule has 1 fully saturated rings. The van der Waals surface area contributed by atoms with Gasteiger partial charge in [-0.3, -0.25) is 4.79 Å². The number of pyridine rings is 1. The molecule has 0 N–H and O–H groups in total. The summed E-state index contributed by atoms with van der Waals surface area (Å²) in [5.41, 5.74) is 4.06. The van der Waals surface area contributed by atoms with Gasteiger partial charge in [0.15, 0.2) is 0 Å². The average molecular weight is 478 g/mol. The zero-order valence-corrected chi connectivity index (χ0v) is 21.2. The number of hydrogen-bond acceptors (Lipinski definition) is 6. The van der Waals surface area contributed by atoms with Crippen LogP contribution in [-0.4, -0.2) is 52.1 Å². The van der Waals surface area contributed by atoms with Crippen LogP contribution in [0, 0.1) is 6.92 Å². The number of piperidine rings is 1. The summed E-state index contributed by atoms with van der Waals surface area (Å²) in [4.78, 5) is 18.9. The largest absolute Gasteiger partial charge is 0.492 e. The molecule has 0 saturated carbocycles. The fourth-order valence-corrected chi connectivity index (χ4v) is 5.23. The fraction of sp³-hybridized carbons (Fsp3) is 0.500. The average Bonchev–Trinajstić information content (AvgIpc) is 3.41. The lowest BCUT2D eigenvalue weighted by Gasteiger charge is -2.38. The van der Waals surface area contributed by atoms with Crippen LogP contribution in [0.2, 0.25) is 0 Å². The lowest BCUT2D eigenvalue weighted by molar-refractivity contribution is -0.155. The number of imidazole rings is 1. The molecule has 1 spiro atoms. The Bertz CT molecular complexity index is 1220. The maximum atomic E-state index is 12.1. The molecule has 0 amide bonds. The van der Waals surface area contributed by atoms with Crippen molar-refractivity contribution < 1.29 is 19.0 Å². The number of hydrogen-bond donors (Lipinski definition) is 0. The van der Waals surface area contributed by atoms with Gasteiger partial charge in [-0.2, -0.15) is 0 Å². The van der Waals surface area contributed by atoms with E-state index in [-0.39, 0.29) is 11.4 Å². The van der Waals surface area contributed by atoms with E-state index in [2.05, 4.69) is 41.2 Å². The molecule has 2 aromatic heterocycles. The highest BCUT2D eigenvalue weighted by Crippen LogP contribution is 2.46. The summed E-state index contributed by atoms with van der Waals surface area (Å²) >= 11 is 0.